The van der Waals surface area contributed by atoms with Gasteiger partial charge in [0, 0.05) is 6.42 Å². The summed E-state index contributed by atoms with van der Waals surface area (Å²) >= 11 is 0.891. The van der Waals surface area contributed by atoms with Crippen LogP contribution in [0.1, 0.15) is 34.3 Å². The first-order valence-corrected chi connectivity index (χ1v) is 9.76. The molecule has 0 aliphatic heterocycles. The fourth-order valence-corrected chi connectivity index (χ4v) is 3.06. The summed E-state index contributed by atoms with van der Waals surface area (Å²) in [4.78, 5) is 22.5. The van der Waals surface area contributed by atoms with Gasteiger partial charge in [0.05, 0.1) is 5.56 Å². The Bertz CT molecular complexity index is 1060. The second-order valence-electron chi connectivity index (χ2n) is 6.09. The molecule has 0 saturated carbocycles. The van der Waals surface area contributed by atoms with Gasteiger partial charge in [-0.3, -0.25) is 0 Å². The van der Waals surface area contributed by atoms with Gasteiger partial charge in [-0.2, -0.15) is 0 Å². The number of aliphatic carboxylic acids is 1. The Morgan fingerprint density at radius 1 is 1.07 bits per heavy atom. The fraction of sp³-hybridized carbons (Fsp3) is 0.143. The molecule has 0 spiro atoms. The van der Waals surface area contributed by atoms with Crippen LogP contribution in [-0.2, 0) is 17.8 Å². The fourth-order valence-electron chi connectivity index (χ4n) is 2.37. The third kappa shape index (κ3) is 5.71. The van der Waals surface area contributed by atoms with Crippen molar-refractivity contribution >= 4 is 29.8 Å². The molecule has 1 heterocycles. The van der Waals surface area contributed by atoms with Crippen molar-refractivity contribution < 1.29 is 29.0 Å². The van der Waals surface area contributed by atoms with Gasteiger partial charge in [0.2, 0.25) is 5.89 Å². The second-order valence-corrected chi connectivity index (χ2v) is 7.08. The van der Waals surface area contributed by atoms with E-state index in [9.17, 15) is 14.7 Å². The summed E-state index contributed by atoms with van der Waals surface area (Å²) in [5.41, 5.74) is 1.72. The van der Waals surface area contributed by atoms with E-state index in [4.69, 9.17) is 14.3 Å². The summed E-state index contributed by atoms with van der Waals surface area (Å²) in [7, 11) is 0. The molecule has 0 saturated heterocycles. The lowest BCUT2D eigenvalue weighted by molar-refractivity contribution is -0.131. The summed E-state index contributed by atoms with van der Waals surface area (Å²) in [6, 6.07) is 13.3. The molecule has 2 aromatic carbocycles. The predicted molar refractivity (Wildman–Crippen MR) is 109 cm³/mol. The van der Waals surface area contributed by atoms with Gasteiger partial charge in [-0.15, -0.1) is 10.2 Å². The highest BCUT2D eigenvalue weighted by Gasteiger charge is 2.14. The largest absolute Gasteiger partial charge is 0.489 e. The van der Waals surface area contributed by atoms with Gasteiger partial charge in [-0.1, -0.05) is 31.2 Å². The van der Waals surface area contributed by atoms with E-state index in [-0.39, 0.29) is 22.3 Å². The minimum atomic E-state index is -1.10. The van der Waals surface area contributed by atoms with E-state index in [1.807, 2.05) is 6.92 Å². The van der Waals surface area contributed by atoms with Crippen LogP contribution in [0, 0.1) is 0 Å². The highest BCUT2D eigenvalue weighted by atomic mass is 32.2. The molecule has 0 unspecified atom stereocenters. The van der Waals surface area contributed by atoms with E-state index >= 15 is 0 Å². The minimum Gasteiger partial charge on any atom is -0.489 e. The van der Waals surface area contributed by atoms with Crippen LogP contribution in [0.4, 0.5) is 0 Å². The summed E-state index contributed by atoms with van der Waals surface area (Å²) < 4.78 is 11.0. The van der Waals surface area contributed by atoms with Crippen molar-refractivity contribution in [2.24, 2.45) is 0 Å². The average Bonchev–Trinajstić information content (AvgIpc) is 3.20. The Kier molecular flexibility index (Phi) is 6.87. The number of benzene rings is 2. The molecule has 0 fully saturated rings. The Hall–Kier alpha value is -3.59. The van der Waals surface area contributed by atoms with Crippen molar-refractivity contribution in [3.05, 3.63) is 76.0 Å². The van der Waals surface area contributed by atoms with Crippen LogP contribution in [-0.4, -0.2) is 32.3 Å². The molecular weight excluding hydrogens is 408 g/mol. The first-order valence-electron chi connectivity index (χ1n) is 8.95. The smallest absolute Gasteiger partial charge is 0.342 e. The lowest BCUT2D eigenvalue weighted by Gasteiger charge is -2.07. The van der Waals surface area contributed by atoms with Crippen LogP contribution < -0.4 is 4.74 Å². The molecule has 0 bridgehead atoms. The standard InChI is InChI=1S/C21H18N2O6S/c1-2-18-22-23-21(29-18)30-17(20(26)27)11-13-5-9-16(10-6-13)28-12-14-3-7-15(8-4-14)19(24)25/h3-11H,2,12H2,1H3,(H,24,25)(H,26,27)/b17-11-. The number of aryl methyl sites for hydroxylation is 1. The maximum absolute atomic E-state index is 11.5. The SMILES string of the molecule is CCc1nnc(S/C(=C\c2ccc(OCc3ccc(C(=O)O)cc3)cc2)C(=O)O)o1. The number of thioether (sulfide) groups is 1. The van der Waals surface area contributed by atoms with Crippen molar-refractivity contribution in [3.8, 4) is 5.75 Å². The number of rotatable bonds is 9. The predicted octanol–water partition coefficient (Wildman–Crippen LogP) is 4.13. The first kappa shape index (κ1) is 21.1. The van der Waals surface area contributed by atoms with Crippen LogP contribution in [0.5, 0.6) is 5.75 Å². The van der Waals surface area contributed by atoms with Crippen molar-refractivity contribution in [2.45, 2.75) is 25.2 Å². The van der Waals surface area contributed by atoms with Crippen LogP contribution in [0.2, 0.25) is 0 Å². The maximum Gasteiger partial charge on any atom is 0.342 e. The minimum absolute atomic E-state index is 0.0495. The Balaban J connectivity index is 1.64. The monoisotopic (exact) mass is 426 g/mol. The number of hydrogen-bond donors (Lipinski definition) is 2. The highest BCUT2D eigenvalue weighted by molar-refractivity contribution is 8.03. The van der Waals surface area contributed by atoms with E-state index < -0.39 is 11.9 Å². The third-order valence-corrected chi connectivity index (χ3v) is 4.80. The molecule has 0 atom stereocenters. The molecule has 8 nitrogen and oxygen atoms in total. The quantitative estimate of drug-likeness (QED) is 0.384. The van der Waals surface area contributed by atoms with E-state index in [1.165, 1.54) is 18.2 Å². The molecule has 0 aliphatic rings. The zero-order valence-corrected chi connectivity index (χ0v) is 16.8. The van der Waals surface area contributed by atoms with Crippen LogP contribution >= 0.6 is 11.8 Å². The summed E-state index contributed by atoms with van der Waals surface area (Å²) in [5.74, 6) is -1.03. The molecule has 0 aliphatic carbocycles. The number of carbonyl (C=O) groups is 2. The van der Waals surface area contributed by atoms with Gasteiger partial charge in [0.25, 0.3) is 5.22 Å². The van der Waals surface area contributed by atoms with Crippen molar-refractivity contribution in [1.29, 1.82) is 0 Å². The lowest BCUT2D eigenvalue weighted by Crippen LogP contribution is -1.99. The van der Waals surface area contributed by atoms with E-state index in [0.29, 0.717) is 23.6 Å². The molecule has 154 valence electrons. The Morgan fingerprint density at radius 2 is 1.77 bits per heavy atom. The zero-order valence-electron chi connectivity index (χ0n) is 15.9. The molecule has 3 aromatic rings. The van der Waals surface area contributed by atoms with E-state index in [0.717, 1.165) is 17.3 Å². The lowest BCUT2D eigenvalue weighted by atomic mass is 10.1. The number of nitrogens with zero attached hydrogens (tertiary/aromatic N) is 2. The Morgan fingerprint density at radius 3 is 2.33 bits per heavy atom. The first-order chi connectivity index (χ1) is 14.4. The highest BCUT2D eigenvalue weighted by Crippen LogP contribution is 2.28. The Labute approximate surface area is 176 Å². The molecule has 2 N–H and O–H groups in total. The van der Waals surface area contributed by atoms with Gasteiger partial charge in [-0.25, -0.2) is 9.59 Å². The number of ether oxygens (including phenoxy) is 1. The van der Waals surface area contributed by atoms with Crippen LogP contribution in [0.15, 0.2) is 63.1 Å². The van der Waals surface area contributed by atoms with E-state index in [2.05, 4.69) is 10.2 Å². The number of aromatic nitrogens is 2. The number of aromatic carboxylic acids is 1. The van der Waals surface area contributed by atoms with Crippen molar-refractivity contribution in [1.82, 2.24) is 10.2 Å². The summed E-state index contributed by atoms with van der Waals surface area (Å²) in [6.45, 7) is 2.15. The van der Waals surface area contributed by atoms with Gasteiger partial charge in [0.15, 0.2) is 0 Å². The number of hydrogen-bond acceptors (Lipinski definition) is 7. The van der Waals surface area contributed by atoms with Crippen molar-refractivity contribution in [2.75, 3.05) is 0 Å². The van der Waals surface area contributed by atoms with Crippen LogP contribution in [0.3, 0.4) is 0 Å². The van der Waals surface area contributed by atoms with Gasteiger partial charge >= 0.3 is 11.9 Å². The second kappa shape index (κ2) is 9.75. The zero-order chi connectivity index (χ0) is 21.5. The van der Waals surface area contributed by atoms with Gasteiger partial charge in [-0.05, 0) is 53.2 Å². The van der Waals surface area contributed by atoms with E-state index in [1.54, 1.807) is 36.4 Å². The molecule has 9 heteroatoms. The molecule has 3 rings (SSSR count). The molecule has 1 aromatic heterocycles. The summed E-state index contributed by atoms with van der Waals surface area (Å²) in [5, 5.41) is 26.2. The number of carboxylic acids is 2. The third-order valence-electron chi connectivity index (χ3n) is 3.94. The maximum atomic E-state index is 11.5. The van der Waals surface area contributed by atoms with Gasteiger partial charge in [0.1, 0.15) is 17.3 Å². The topological polar surface area (TPSA) is 123 Å². The molecule has 30 heavy (non-hydrogen) atoms. The number of carboxylic acid groups (broad SMARTS) is 2. The summed E-state index contributed by atoms with van der Waals surface area (Å²) in [6.07, 6.45) is 2.09. The average molecular weight is 426 g/mol. The van der Waals surface area contributed by atoms with Gasteiger partial charge < -0.3 is 19.4 Å². The molecule has 0 radical (unpaired) electrons. The molecular formula is C21H18N2O6S. The normalized spacial score (nSPS) is 11.3. The van der Waals surface area contributed by atoms with Crippen LogP contribution in [0.25, 0.3) is 6.08 Å². The molecule has 0 amide bonds. The van der Waals surface area contributed by atoms with Crippen molar-refractivity contribution in [3.63, 3.8) is 0 Å².